The Morgan fingerprint density at radius 3 is 2.25 bits per heavy atom. The average Bonchev–Trinajstić information content (AvgIpc) is 2.22. The number of rotatable bonds is 6. The third-order valence-corrected chi connectivity index (χ3v) is 3.65. The van der Waals surface area contributed by atoms with Gasteiger partial charge < -0.3 is 5.73 Å². The van der Waals surface area contributed by atoms with E-state index in [-0.39, 0.29) is 0 Å². The molecule has 0 aromatic carbocycles. The first-order valence-corrected chi connectivity index (χ1v) is 6.38. The first kappa shape index (κ1) is 15.4. The minimum absolute atomic E-state index is 0.367. The maximum Gasteiger partial charge on any atom is 0.0142 e. The van der Waals surface area contributed by atoms with Gasteiger partial charge in [0, 0.05) is 6.54 Å². The van der Waals surface area contributed by atoms with Gasteiger partial charge in [0.25, 0.3) is 0 Å². The minimum atomic E-state index is 0.367. The van der Waals surface area contributed by atoms with Crippen LogP contribution in [0, 0.1) is 17.3 Å². The van der Waals surface area contributed by atoms with Crippen molar-refractivity contribution < 1.29 is 0 Å². The zero-order valence-corrected chi connectivity index (χ0v) is 11.7. The van der Waals surface area contributed by atoms with Gasteiger partial charge in [-0.05, 0) is 30.1 Å². The molecule has 0 radical (unpaired) electrons. The van der Waals surface area contributed by atoms with Gasteiger partial charge >= 0.3 is 0 Å². The van der Waals surface area contributed by atoms with Crippen molar-refractivity contribution in [2.24, 2.45) is 23.0 Å². The van der Waals surface area contributed by atoms with Crippen LogP contribution in [0.15, 0.2) is 24.3 Å². The number of hydrogen-bond donors (Lipinski definition) is 1. The zero-order valence-electron chi connectivity index (χ0n) is 11.7. The number of hydrogen-bond acceptors (Lipinski definition) is 1. The van der Waals surface area contributed by atoms with Crippen LogP contribution >= 0.6 is 0 Å². The van der Waals surface area contributed by atoms with E-state index in [1.54, 1.807) is 0 Å². The Bertz CT molecular complexity index is 232. The van der Waals surface area contributed by atoms with Crippen LogP contribution in [0.4, 0.5) is 0 Å². The minimum Gasteiger partial charge on any atom is -0.327 e. The second-order valence-electron chi connectivity index (χ2n) is 5.74. The molecule has 94 valence electrons. The van der Waals surface area contributed by atoms with Crippen LogP contribution < -0.4 is 5.73 Å². The Kier molecular flexibility index (Phi) is 6.66. The second-order valence-corrected chi connectivity index (χ2v) is 5.74. The Balaban J connectivity index is 4.54. The highest BCUT2D eigenvalue weighted by Gasteiger charge is 2.19. The largest absolute Gasteiger partial charge is 0.327 e. The second kappa shape index (κ2) is 6.90. The molecule has 0 saturated heterocycles. The molecular weight excluding hydrogens is 194 g/mol. The molecule has 0 aliphatic carbocycles. The highest BCUT2D eigenvalue weighted by molar-refractivity contribution is 5.13. The van der Waals surface area contributed by atoms with Crippen molar-refractivity contribution >= 4 is 0 Å². The molecule has 0 fully saturated rings. The lowest BCUT2D eigenvalue weighted by Gasteiger charge is -2.26. The van der Waals surface area contributed by atoms with Crippen molar-refractivity contribution in [1.29, 1.82) is 0 Å². The molecular formula is C15H29N. The third kappa shape index (κ3) is 4.98. The summed E-state index contributed by atoms with van der Waals surface area (Å²) in [6, 6.07) is 0. The molecule has 2 N–H and O–H groups in total. The summed E-state index contributed by atoms with van der Waals surface area (Å²) in [5.74, 6) is 1.13. The van der Waals surface area contributed by atoms with Crippen molar-refractivity contribution in [3.63, 3.8) is 0 Å². The lowest BCUT2D eigenvalue weighted by Crippen LogP contribution is -2.17. The first-order valence-electron chi connectivity index (χ1n) is 6.38. The summed E-state index contributed by atoms with van der Waals surface area (Å²) in [7, 11) is 0. The van der Waals surface area contributed by atoms with Gasteiger partial charge in [0.05, 0.1) is 0 Å². The molecule has 0 saturated carbocycles. The van der Waals surface area contributed by atoms with Gasteiger partial charge in [0.15, 0.2) is 0 Å². The summed E-state index contributed by atoms with van der Waals surface area (Å²) in [6.45, 7) is 15.9. The van der Waals surface area contributed by atoms with E-state index in [9.17, 15) is 0 Å². The first-order chi connectivity index (χ1) is 7.36. The van der Waals surface area contributed by atoms with Gasteiger partial charge in [-0.25, -0.2) is 0 Å². The van der Waals surface area contributed by atoms with Crippen LogP contribution in [0.5, 0.6) is 0 Å². The lowest BCUT2D eigenvalue weighted by molar-refractivity contribution is 0.263. The predicted molar refractivity (Wildman–Crippen MR) is 74.4 cm³/mol. The molecule has 0 aliphatic heterocycles. The van der Waals surface area contributed by atoms with E-state index in [1.165, 1.54) is 5.57 Å². The molecule has 0 aliphatic rings. The SMILES string of the molecule is C=CC(CC)/C(=C\CC(C)C(C)(C)C)CN. The Labute approximate surface area is 102 Å². The van der Waals surface area contributed by atoms with Crippen LogP contribution in [0.2, 0.25) is 0 Å². The van der Waals surface area contributed by atoms with E-state index in [2.05, 4.69) is 47.3 Å². The average molecular weight is 223 g/mol. The van der Waals surface area contributed by atoms with E-state index in [0.717, 1.165) is 12.8 Å². The molecule has 0 bridgehead atoms. The van der Waals surface area contributed by atoms with Gasteiger partial charge in [-0.2, -0.15) is 0 Å². The number of nitrogens with two attached hydrogens (primary N) is 1. The predicted octanol–water partition coefficient (Wildman–Crippen LogP) is 4.16. The fourth-order valence-electron chi connectivity index (χ4n) is 1.65. The van der Waals surface area contributed by atoms with Crippen molar-refractivity contribution in [2.45, 2.75) is 47.5 Å². The van der Waals surface area contributed by atoms with Gasteiger partial charge in [0.1, 0.15) is 0 Å². The fourth-order valence-corrected chi connectivity index (χ4v) is 1.65. The molecule has 0 aromatic heterocycles. The summed E-state index contributed by atoms with van der Waals surface area (Å²) >= 11 is 0. The zero-order chi connectivity index (χ0) is 12.8. The third-order valence-electron chi connectivity index (χ3n) is 3.65. The molecule has 0 heterocycles. The molecule has 16 heavy (non-hydrogen) atoms. The van der Waals surface area contributed by atoms with E-state index >= 15 is 0 Å². The van der Waals surface area contributed by atoms with E-state index in [1.807, 2.05) is 6.08 Å². The van der Waals surface area contributed by atoms with Crippen LogP contribution in [0.25, 0.3) is 0 Å². The highest BCUT2D eigenvalue weighted by atomic mass is 14.5. The van der Waals surface area contributed by atoms with Crippen molar-refractivity contribution in [2.75, 3.05) is 6.54 Å². The van der Waals surface area contributed by atoms with Crippen LogP contribution in [-0.2, 0) is 0 Å². The van der Waals surface area contributed by atoms with Crippen LogP contribution in [-0.4, -0.2) is 6.54 Å². The highest BCUT2D eigenvalue weighted by Crippen LogP contribution is 2.29. The van der Waals surface area contributed by atoms with Gasteiger partial charge in [-0.15, -0.1) is 6.58 Å². The molecule has 2 atom stereocenters. The van der Waals surface area contributed by atoms with Gasteiger partial charge in [-0.3, -0.25) is 0 Å². The molecule has 0 spiro atoms. The quantitative estimate of drug-likeness (QED) is 0.672. The Morgan fingerprint density at radius 1 is 1.38 bits per heavy atom. The molecule has 0 rings (SSSR count). The number of allylic oxidation sites excluding steroid dienone is 2. The maximum atomic E-state index is 5.80. The molecule has 0 aromatic rings. The van der Waals surface area contributed by atoms with Crippen molar-refractivity contribution in [3.05, 3.63) is 24.3 Å². The summed E-state index contributed by atoms with van der Waals surface area (Å²) in [5, 5.41) is 0. The topological polar surface area (TPSA) is 26.0 Å². The standard InChI is InChI=1S/C15H29N/c1-7-13(8-2)14(11-16)10-9-12(3)15(4,5)6/h7,10,12-13H,1,8-9,11,16H2,2-6H3/b14-10-. The van der Waals surface area contributed by atoms with Gasteiger partial charge in [-0.1, -0.05) is 52.3 Å². The lowest BCUT2D eigenvalue weighted by atomic mass is 9.79. The summed E-state index contributed by atoms with van der Waals surface area (Å²) in [6.07, 6.45) is 6.54. The van der Waals surface area contributed by atoms with E-state index < -0.39 is 0 Å². The van der Waals surface area contributed by atoms with E-state index in [4.69, 9.17) is 5.73 Å². The van der Waals surface area contributed by atoms with Crippen molar-refractivity contribution in [3.8, 4) is 0 Å². The summed E-state index contributed by atoms with van der Waals surface area (Å²) in [4.78, 5) is 0. The van der Waals surface area contributed by atoms with Crippen LogP contribution in [0.3, 0.4) is 0 Å². The smallest absolute Gasteiger partial charge is 0.0142 e. The van der Waals surface area contributed by atoms with Crippen molar-refractivity contribution in [1.82, 2.24) is 0 Å². The normalized spacial score (nSPS) is 17.0. The summed E-state index contributed by atoms with van der Waals surface area (Å²) in [5.41, 5.74) is 7.51. The Morgan fingerprint density at radius 2 is 1.94 bits per heavy atom. The molecule has 1 nitrogen and oxygen atoms in total. The molecule has 1 heteroatoms. The Hall–Kier alpha value is -0.560. The van der Waals surface area contributed by atoms with Crippen LogP contribution in [0.1, 0.15) is 47.5 Å². The summed E-state index contributed by atoms with van der Waals surface area (Å²) < 4.78 is 0. The monoisotopic (exact) mass is 223 g/mol. The van der Waals surface area contributed by atoms with E-state index in [0.29, 0.717) is 23.8 Å². The maximum absolute atomic E-state index is 5.80. The van der Waals surface area contributed by atoms with Gasteiger partial charge in [0.2, 0.25) is 0 Å². The molecule has 0 amide bonds. The fraction of sp³-hybridized carbons (Fsp3) is 0.733. The molecule has 2 unspecified atom stereocenters.